The summed E-state index contributed by atoms with van der Waals surface area (Å²) in [6.45, 7) is 2.07. The topological polar surface area (TPSA) is 37.9 Å². The van der Waals surface area contributed by atoms with E-state index in [0.29, 0.717) is 5.56 Å². The summed E-state index contributed by atoms with van der Waals surface area (Å²) in [6, 6.07) is 20.1. The maximum absolute atomic E-state index is 9.24. The molecule has 108 valence electrons. The molecular weight excluding hydrogens is 272 g/mol. The van der Waals surface area contributed by atoms with E-state index in [2.05, 4.69) is 29.7 Å². The first-order valence-electron chi connectivity index (χ1n) is 7.06. The highest BCUT2D eigenvalue weighted by atomic mass is 16.5. The van der Waals surface area contributed by atoms with Gasteiger partial charge in [0, 0.05) is 11.9 Å². The Hall–Kier alpha value is -2.99. The molecule has 22 heavy (non-hydrogen) atoms. The minimum atomic E-state index is 0.647. The quantitative estimate of drug-likeness (QED) is 0.719. The van der Waals surface area contributed by atoms with Crippen LogP contribution in [0.25, 0.3) is 16.9 Å². The molecule has 0 aliphatic rings. The lowest BCUT2D eigenvalue weighted by molar-refractivity contribution is 0.415. The van der Waals surface area contributed by atoms with Crippen molar-refractivity contribution in [2.75, 3.05) is 7.11 Å². The standard InChI is InChI=1S/C19H16N2O/c1-14-5-3-4-6-18(14)21-13-15(12-20)11-19(21)16-7-9-17(22-2)10-8-16/h3-11,13H,1-2H3. The predicted octanol–water partition coefficient (Wildman–Crippen LogP) is 4.33. The van der Waals surface area contributed by atoms with Crippen molar-refractivity contribution in [1.82, 2.24) is 4.57 Å². The van der Waals surface area contributed by atoms with Crippen molar-refractivity contribution >= 4 is 0 Å². The number of ether oxygens (including phenoxy) is 1. The number of aromatic nitrogens is 1. The Morgan fingerprint density at radius 2 is 1.77 bits per heavy atom. The number of aryl methyl sites for hydroxylation is 1. The van der Waals surface area contributed by atoms with E-state index in [9.17, 15) is 5.26 Å². The fourth-order valence-corrected chi connectivity index (χ4v) is 2.54. The van der Waals surface area contributed by atoms with Gasteiger partial charge in [-0.15, -0.1) is 0 Å². The van der Waals surface area contributed by atoms with Crippen LogP contribution in [0.2, 0.25) is 0 Å². The number of benzene rings is 2. The number of nitrogens with zero attached hydrogens (tertiary/aromatic N) is 2. The van der Waals surface area contributed by atoms with Crippen molar-refractivity contribution in [3.05, 3.63) is 71.9 Å². The van der Waals surface area contributed by atoms with E-state index >= 15 is 0 Å². The molecule has 0 atom stereocenters. The normalized spacial score (nSPS) is 10.2. The summed E-state index contributed by atoms with van der Waals surface area (Å²) in [5.41, 5.74) is 4.93. The third kappa shape index (κ3) is 2.47. The fourth-order valence-electron chi connectivity index (χ4n) is 2.54. The maximum atomic E-state index is 9.24. The highest BCUT2D eigenvalue weighted by molar-refractivity contribution is 5.67. The SMILES string of the molecule is COc1ccc(-c2cc(C#N)cn2-c2ccccc2C)cc1. The van der Waals surface area contributed by atoms with Crippen LogP contribution in [-0.4, -0.2) is 11.7 Å². The summed E-state index contributed by atoms with van der Waals surface area (Å²) in [4.78, 5) is 0. The molecule has 0 saturated carbocycles. The largest absolute Gasteiger partial charge is 0.497 e. The molecule has 0 N–H and O–H groups in total. The maximum Gasteiger partial charge on any atom is 0.118 e. The molecule has 0 aliphatic heterocycles. The highest BCUT2D eigenvalue weighted by Gasteiger charge is 2.11. The molecule has 3 heteroatoms. The van der Waals surface area contributed by atoms with Crippen molar-refractivity contribution in [3.63, 3.8) is 0 Å². The smallest absolute Gasteiger partial charge is 0.118 e. The van der Waals surface area contributed by atoms with E-state index in [-0.39, 0.29) is 0 Å². The Kier molecular flexibility index (Phi) is 3.67. The van der Waals surface area contributed by atoms with Crippen molar-refractivity contribution < 1.29 is 4.74 Å². The van der Waals surface area contributed by atoms with Gasteiger partial charge in [0.2, 0.25) is 0 Å². The van der Waals surface area contributed by atoms with Crippen molar-refractivity contribution in [3.8, 4) is 28.8 Å². The lowest BCUT2D eigenvalue weighted by atomic mass is 10.1. The van der Waals surface area contributed by atoms with Gasteiger partial charge in [-0.1, -0.05) is 18.2 Å². The zero-order valence-corrected chi connectivity index (χ0v) is 12.6. The average molecular weight is 288 g/mol. The molecule has 0 saturated heterocycles. The number of nitriles is 1. The van der Waals surface area contributed by atoms with Gasteiger partial charge in [-0.05, 0) is 54.4 Å². The molecule has 0 aliphatic carbocycles. The molecule has 0 bridgehead atoms. The lowest BCUT2D eigenvalue weighted by Crippen LogP contribution is -1.97. The minimum absolute atomic E-state index is 0.647. The van der Waals surface area contributed by atoms with Crippen LogP contribution < -0.4 is 4.74 Å². The number of para-hydroxylation sites is 1. The molecule has 0 amide bonds. The Morgan fingerprint density at radius 3 is 2.41 bits per heavy atom. The van der Waals surface area contributed by atoms with Crippen LogP contribution in [0, 0.1) is 18.3 Å². The van der Waals surface area contributed by atoms with Gasteiger partial charge in [-0.3, -0.25) is 0 Å². The van der Waals surface area contributed by atoms with E-state index in [1.165, 1.54) is 0 Å². The molecule has 0 unspecified atom stereocenters. The van der Waals surface area contributed by atoms with Crippen LogP contribution in [0.5, 0.6) is 5.75 Å². The molecule has 1 aromatic heterocycles. The molecule has 2 aromatic carbocycles. The molecule has 0 spiro atoms. The third-order valence-corrected chi connectivity index (χ3v) is 3.71. The lowest BCUT2D eigenvalue weighted by Gasteiger charge is -2.12. The van der Waals surface area contributed by atoms with E-state index in [1.807, 2.05) is 48.7 Å². The van der Waals surface area contributed by atoms with Gasteiger partial charge in [0.25, 0.3) is 0 Å². The number of hydrogen-bond donors (Lipinski definition) is 0. The molecule has 3 aromatic rings. The second-order valence-electron chi connectivity index (χ2n) is 5.11. The zero-order valence-electron chi connectivity index (χ0n) is 12.6. The van der Waals surface area contributed by atoms with Crippen molar-refractivity contribution in [2.24, 2.45) is 0 Å². The van der Waals surface area contributed by atoms with Crippen LogP contribution in [0.1, 0.15) is 11.1 Å². The van der Waals surface area contributed by atoms with Crippen LogP contribution in [-0.2, 0) is 0 Å². The van der Waals surface area contributed by atoms with E-state index in [4.69, 9.17) is 4.74 Å². The summed E-state index contributed by atoms with van der Waals surface area (Å²) in [7, 11) is 1.65. The molecule has 0 radical (unpaired) electrons. The first kappa shape index (κ1) is 14.0. The van der Waals surface area contributed by atoms with Gasteiger partial charge in [0.15, 0.2) is 0 Å². The van der Waals surface area contributed by atoms with Crippen molar-refractivity contribution in [1.29, 1.82) is 5.26 Å². The zero-order chi connectivity index (χ0) is 15.5. The first-order chi connectivity index (χ1) is 10.7. The summed E-state index contributed by atoms with van der Waals surface area (Å²) >= 11 is 0. The van der Waals surface area contributed by atoms with Crippen LogP contribution >= 0.6 is 0 Å². The summed E-state index contributed by atoms with van der Waals surface area (Å²) in [5.74, 6) is 0.818. The predicted molar refractivity (Wildman–Crippen MR) is 87.2 cm³/mol. The van der Waals surface area contributed by atoms with Gasteiger partial charge in [-0.25, -0.2) is 0 Å². The molecule has 3 rings (SSSR count). The number of rotatable bonds is 3. The van der Waals surface area contributed by atoms with Gasteiger partial charge in [-0.2, -0.15) is 5.26 Å². The molecule has 0 fully saturated rings. The van der Waals surface area contributed by atoms with Gasteiger partial charge < -0.3 is 9.30 Å². The van der Waals surface area contributed by atoms with Crippen molar-refractivity contribution in [2.45, 2.75) is 6.92 Å². The summed E-state index contributed by atoms with van der Waals surface area (Å²) < 4.78 is 7.27. The first-order valence-corrected chi connectivity index (χ1v) is 7.06. The van der Waals surface area contributed by atoms with Crippen LogP contribution in [0.4, 0.5) is 0 Å². The monoisotopic (exact) mass is 288 g/mol. The Bertz CT molecular complexity index is 839. The summed E-state index contributed by atoms with van der Waals surface area (Å²) in [5, 5.41) is 9.24. The van der Waals surface area contributed by atoms with Gasteiger partial charge >= 0.3 is 0 Å². The Balaban J connectivity index is 2.17. The average Bonchev–Trinajstić information content (AvgIpc) is 2.99. The van der Waals surface area contributed by atoms with Crippen LogP contribution in [0.15, 0.2) is 60.8 Å². The molecule has 1 heterocycles. The van der Waals surface area contributed by atoms with Gasteiger partial charge in [0.05, 0.1) is 18.4 Å². The fraction of sp³-hybridized carbons (Fsp3) is 0.105. The van der Waals surface area contributed by atoms with E-state index in [0.717, 1.165) is 28.3 Å². The minimum Gasteiger partial charge on any atom is -0.497 e. The van der Waals surface area contributed by atoms with E-state index in [1.54, 1.807) is 7.11 Å². The molecule has 3 nitrogen and oxygen atoms in total. The summed E-state index contributed by atoms with van der Waals surface area (Å²) in [6.07, 6.45) is 1.88. The number of methoxy groups -OCH3 is 1. The Labute approximate surface area is 130 Å². The van der Waals surface area contributed by atoms with Gasteiger partial charge in [0.1, 0.15) is 11.8 Å². The second kappa shape index (κ2) is 5.79. The second-order valence-corrected chi connectivity index (χ2v) is 5.11. The third-order valence-electron chi connectivity index (χ3n) is 3.71. The highest BCUT2D eigenvalue weighted by Crippen LogP contribution is 2.28. The number of hydrogen-bond acceptors (Lipinski definition) is 2. The Morgan fingerprint density at radius 1 is 1.05 bits per heavy atom. The van der Waals surface area contributed by atoms with E-state index < -0.39 is 0 Å². The molecular formula is C19H16N2O. The van der Waals surface area contributed by atoms with Crippen LogP contribution in [0.3, 0.4) is 0 Å².